The zero-order valence-electron chi connectivity index (χ0n) is 10.5. The molecule has 0 unspecified atom stereocenters. The molecule has 0 heterocycles. The number of hydrogen-bond donors (Lipinski definition) is 1. The first-order valence-corrected chi connectivity index (χ1v) is 5.88. The second-order valence-electron chi connectivity index (χ2n) is 4.66. The molecular formula is C13H17F2NO2. The molecular weight excluding hydrogens is 240 g/mol. The predicted molar refractivity (Wildman–Crippen MR) is 64.2 cm³/mol. The summed E-state index contributed by atoms with van der Waals surface area (Å²) in [5.74, 6) is -1.53. The van der Waals surface area contributed by atoms with E-state index in [0.29, 0.717) is 23.7 Å². The molecule has 1 saturated carbocycles. The first kappa shape index (κ1) is 13.1. The van der Waals surface area contributed by atoms with Crippen molar-refractivity contribution >= 4 is 0 Å². The molecule has 0 spiro atoms. The molecule has 2 N–H and O–H groups in total. The Labute approximate surface area is 105 Å². The molecule has 0 aromatic heterocycles. The van der Waals surface area contributed by atoms with Gasteiger partial charge in [0.15, 0.2) is 11.5 Å². The molecule has 1 fully saturated rings. The molecule has 0 amide bonds. The molecule has 0 saturated heterocycles. The highest BCUT2D eigenvalue weighted by molar-refractivity contribution is 5.46. The third kappa shape index (κ3) is 2.27. The fraction of sp³-hybridized carbons (Fsp3) is 0.538. The fourth-order valence-corrected chi connectivity index (χ4v) is 2.33. The first-order valence-electron chi connectivity index (χ1n) is 5.88. The van der Waals surface area contributed by atoms with E-state index in [1.54, 1.807) is 18.2 Å². The lowest BCUT2D eigenvalue weighted by Crippen LogP contribution is -2.55. The molecule has 0 atom stereocenters. The Morgan fingerprint density at radius 3 is 2.44 bits per heavy atom. The summed E-state index contributed by atoms with van der Waals surface area (Å²) in [6, 6.07) is 5.11. The lowest BCUT2D eigenvalue weighted by Gasteiger charge is -2.45. The van der Waals surface area contributed by atoms with Gasteiger partial charge in [-0.15, -0.1) is 0 Å². The summed E-state index contributed by atoms with van der Waals surface area (Å²) in [7, 11) is 1.53. The minimum Gasteiger partial charge on any atom is -0.493 e. The smallest absolute Gasteiger partial charge is 0.252 e. The second-order valence-corrected chi connectivity index (χ2v) is 4.66. The third-order valence-corrected chi connectivity index (χ3v) is 3.19. The van der Waals surface area contributed by atoms with E-state index in [-0.39, 0.29) is 12.8 Å². The van der Waals surface area contributed by atoms with Crippen LogP contribution in [0.2, 0.25) is 0 Å². The van der Waals surface area contributed by atoms with Crippen LogP contribution in [0.3, 0.4) is 0 Å². The molecule has 5 heteroatoms. The van der Waals surface area contributed by atoms with E-state index in [9.17, 15) is 8.78 Å². The van der Waals surface area contributed by atoms with Crippen molar-refractivity contribution < 1.29 is 18.3 Å². The molecule has 3 nitrogen and oxygen atoms in total. The molecule has 0 aliphatic heterocycles. The van der Waals surface area contributed by atoms with E-state index < -0.39 is 11.5 Å². The number of ether oxygens (including phenoxy) is 2. The van der Waals surface area contributed by atoms with Crippen LogP contribution in [-0.2, 0) is 5.54 Å². The first-order chi connectivity index (χ1) is 8.40. The van der Waals surface area contributed by atoms with Gasteiger partial charge in [0, 0.05) is 12.8 Å². The van der Waals surface area contributed by atoms with E-state index in [1.165, 1.54) is 7.11 Å². The molecule has 2 rings (SSSR count). The Hall–Kier alpha value is -1.36. The van der Waals surface area contributed by atoms with E-state index in [2.05, 4.69) is 0 Å². The van der Waals surface area contributed by atoms with Crippen molar-refractivity contribution in [3.8, 4) is 11.5 Å². The van der Waals surface area contributed by atoms with Crippen LogP contribution in [0, 0.1) is 0 Å². The molecule has 1 aromatic carbocycles. The van der Waals surface area contributed by atoms with Crippen LogP contribution in [-0.4, -0.2) is 19.6 Å². The van der Waals surface area contributed by atoms with Crippen molar-refractivity contribution in [2.75, 3.05) is 13.7 Å². The summed E-state index contributed by atoms with van der Waals surface area (Å²) in [6.45, 7) is 2.33. The van der Waals surface area contributed by atoms with Gasteiger partial charge in [0.2, 0.25) is 0 Å². The quantitative estimate of drug-likeness (QED) is 0.902. The molecule has 0 bridgehead atoms. The van der Waals surface area contributed by atoms with Gasteiger partial charge in [0.25, 0.3) is 5.92 Å². The Morgan fingerprint density at radius 1 is 1.28 bits per heavy atom. The average Bonchev–Trinajstić information content (AvgIpc) is 2.26. The fourth-order valence-electron chi connectivity index (χ4n) is 2.33. The molecule has 1 aliphatic carbocycles. The van der Waals surface area contributed by atoms with E-state index in [0.717, 1.165) is 0 Å². The van der Waals surface area contributed by atoms with E-state index in [4.69, 9.17) is 15.2 Å². The molecule has 1 aromatic rings. The Kier molecular flexibility index (Phi) is 3.19. The number of methoxy groups -OCH3 is 1. The van der Waals surface area contributed by atoms with Gasteiger partial charge < -0.3 is 15.2 Å². The third-order valence-electron chi connectivity index (χ3n) is 3.19. The van der Waals surface area contributed by atoms with E-state index in [1.807, 2.05) is 6.92 Å². The Morgan fingerprint density at radius 2 is 1.94 bits per heavy atom. The zero-order chi connectivity index (χ0) is 13.4. The predicted octanol–water partition coefficient (Wildman–Crippen LogP) is 2.68. The highest BCUT2D eigenvalue weighted by Gasteiger charge is 2.55. The van der Waals surface area contributed by atoms with Gasteiger partial charge in [0.1, 0.15) is 0 Å². The summed E-state index contributed by atoms with van der Waals surface area (Å²) in [5.41, 5.74) is 5.69. The maximum Gasteiger partial charge on any atom is 0.252 e. The van der Waals surface area contributed by atoms with Crippen LogP contribution in [0.4, 0.5) is 8.78 Å². The summed E-state index contributed by atoms with van der Waals surface area (Å²) in [5, 5.41) is 0. The van der Waals surface area contributed by atoms with Crippen LogP contribution in [0.25, 0.3) is 0 Å². The van der Waals surface area contributed by atoms with Crippen LogP contribution in [0.5, 0.6) is 11.5 Å². The minimum atomic E-state index is -2.65. The maximum atomic E-state index is 13.0. The van der Waals surface area contributed by atoms with Crippen LogP contribution < -0.4 is 15.2 Å². The Balaban J connectivity index is 2.27. The van der Waals surface area contributed by atoms with Crippen LogP contribution in [0.15, 0.2) is 18.2 Å². The summed E-state index contributed by atoms with van der Waals surface area (Å²) in [4.78, 5) is 0. The van der Waals surface area contributed by atoms with Gasteiger partial charge in [-0.05, 0) is 24.6 Å². The lowest BCUT2D eigenvalue weighted by atomic mass is 9.70. The summed E-state index contributed by atoms with van der Waals surface area (Å²) < 4.78 is 36.5. The number of hydrogen-bond acceptors (Lipinski definition) is 3. The van der Waals surface area contributed by atoms with Crippen molar-refractivity contribution in [2.24, 2.45) is 5.73 Å². The molecule has 18 heavy (non-hydrogen) atoms. The molecule has 1 aliphatic rings. The molecule has 100 valence electrons. The maximum absolute atomic E-state index is 13.0. The Bertz CT molecular complexity index is 441. The summed E-state index contributed by atoms with van der Waals surface area (Å²) in [6.07, 6.45) is -0.643. The normalized spacial score (nSPS) is 20.1. The number of nitrogens with two attached hydrogens (primary N) is 1. The highest BCUT2D eigenvalue weighted by atomic mass is 19.3. The summed E-state index contributed by atoms with van der Waals surface area (Å²) >= 11 is 0. The van der Waals surface area contributed by atoms with Crippen molar-refractivity contribution in [3.05, 3.63) is 23.8 Å². The van der Waals surface area contributed by atoms with Crippen LogP contribution in [0.1, 0.15) is 25.3 Å². The van der Waals surface area contributed by atoms with E-state index >= 15 is 0 Å². The van der Waals surface area contributed by atoms with Gasteiger partial charge in [-0.1, -0.05) is 6.07 Å². The van der Waals surface area contributed by atoms with Gasteiger partial charge in [-0.25, -0.2) is 8.78 Å². The van der Waals surface area contributed by atoms with Crippen molar-refractivity contribution in [1.29, 1.82) is 0 Å². The lowest BCUT2D eigenvalue weighted by molar-refractivity contribution is -0.125. The number of halogens is 2. The number of benzene rings is 1. The number of alkyl halides is 2. The topological polar surface area (TPSA) is 44.5 Å². The molecule has 0 radical (unpaired) electrons. The van der Waals surface area contributed by atoms with Crippen molar-refractivity contribution in [2.45, 2.75) is 31.2 Å². The minimum absolute atomic E-state index is 0.322. The zero-order valence-corrected chi connectivity index (χ0v) is 10.5. The van der Waals surface area contributed by atoms with Gasteiger partial charge in [-0.3, -0.25) is 0 Å². The second kappa shape index (κ2) is 4.39. The van der Waals surface area contributed by atoms with Gasteiger partial charge >= 0.3 is 0 Å². The van der Waals surface area contributed by atoms with Gasteiger partial charge in [-0.2, -0.15) is 0 Å². The SMILES string of the molecule is CCOc1cc(C2(N)CC(F)(F)C2)ccc1OC. The van der Waals surface area contributed by atoms with Crippen LogP contribution >= 0.6 is 0 Å². The largest absolute Gasteiger partial charge is 0.493 e. The highest BCUT2D eigenvalue weighted by Crippen LogP contribution is 2.50. The standard InChI is InChI=1S/C13H17F2NO2/c1-3-18-11-6-9(4-5-10(11)17-2)12(16)7-13(14,15)8-12/h4-6H,3,7-8,16H2,1-2H3. The van der Waals surface area contributed by atoms with Gasteiger partial charge in [0.05, 0.1) is 19.3 Å². The monoisotopic (exact) mass is 257 g/mol. The van der Waals surface area contributed by atoms with Crippen molar-refractivity contribution in [1.82, 2.24) is 0 Å². The van der Waals surface area contributed by atoms with Crippen molar-refractivity contribution in [3.63, 3.8) is 0 Å². The average molecular weight is 257 g/mol. The number of rotatable bonds is 4.